The predicted molar refractivity (Wildman–Crippen MR) is 84.0 cm³/mol. The number of amides is 1. The number of aromatic carboxylic acids is 1. The summed E-state index contributed by atoms with van der Waals surface area (Å²) in [5.74, 6) is -0.704. The van der Waals surface area contributed by atoms with E-state index in [0.29, 0.717) is 5.13 Å². The van der Waals surface area contributed by atoms with Crippen molar-refractivity contribution in [2.45, 2.75) is 6.54 Å². The molecule has 1 aromatic carbocycles. The minimum Gasteiger partial charge on any atom is -0.497 e. The average Bonchev–Trinajstić information content (AvgIpc) is 3.12. The predicted octanol–water partition coefficient (Wildman–Crippen LogP) is 1.84. The normalized spacial score (nSPS) is 10.7. The second kappa shape index (κ2) is 6.05. The highest BCUT2D eigenvalue weighted by Gasteiger charge is 2.11. The Hall–Kier alpha value is -2.94. The van der Waals surface area contributed by atoms with Crippen molar-refractivity contribution < 1.29 is 19.4 Å². The van der Waals surface area contributed by atoms with E-state index < -0.39 is 5.97 Å². The van der Waals surface area contributed by atoms with Crippen molar-refractivity contribution in [3.05, 3.63) is 36.2 Å². The summed E-state index contributed by atoms with van der Waals surface area (Å²) in [4.78, 5) is 27.1. The zero-order chi connectivity index (χ0) is 16.4. The van der Waals surface area contributed by atoms with E-state index in [0.717, 1.165) is 16.0 Å². The summed E-state index contributed by atoms with van der Waals surface area (Å²) < 4.78 is 7.30. The summed E-state index contributed by atoms with van der Waals surface area (Å²) in [6.45, 7) is -0.0907. The molecule has 0 atom stereocenters. The number of hydrogen-bond donors (Lipinski definition) is 2. The first-order valence-electron chi connectivity index (χ1n) is 6.55. The fourth-order valence-electron chi connectivity index (χ4n) is 1.95. The molecule has 0 radical (unpaired) electrons. The van der Waals surface area contributed by atoms with Gasteiger partial charge in [0.1, 0.15) is 12.3 Å². The quantitative estimate of drug-likeness (QED) is 0.738. The third kappa shape index (κ3) is 3.29. The first kappa shape index (κ1) is 15.0. The number of aromatic nitrogens is 3. The molecule has 0 aliphatic carbocycles. The Balaban J connectivity index is 1.70. The van der Waals surface area contributed by atoms with Crippen molar-refractivity contribution >= 4 is 38.6 Å². The lowest BCUT2D eigenvalue weighted by Gasteiger charge is -2.01. The van der Waals surface area contributed by atoms with Gasteiger partial charge < -0.3 is 15.2 Å². The number of nitrogens with one attached hydrogen (secondary N) is 1. The molecule has 118 valence electrons. The number of methoxy groups -OCH3 is 1. The van der Waals surface area contributed by atoms with Gasteiger partial charge >= 0.3 is 5.97 Å². The number of anilines is 1. The smallest absolute Gasteiger partial charge is 0.338 e. The standard InChI is InChI=1S/C14H12N4O4S/c1-22-9-2-3-10-11(4-9)23-14(16-10)17-12(19)7-18-6-8(5-15-18)13(20)21/h2-6H,7H2,1H3,(H,20,21)(H,16,17,19). The van der Waals surface area contributed by atoms with Gasteiger partial charge in [-0.05, 0) is 18.2 Å². The van der Waals surface area contributed by atoms with E-state index in [2.05, 4.69) is 15.4 Å². The lowest BCUT2D eigenvalue weighted by atomic mass is 10.3. The molecule has 0 fully saturated rings. The molecule has 9 heteroatoms. The van der Waals surface area contributed by atoms with Crippen LogP contribution in [0.15, 0.2) is 30.6 Å². The number of ether oxygens (including phenoxy) is 1. The molecule has 3 aromatic rings. The van der Waals surface area contributed by atoms with Crippen molar-refractivity contribution in [3.63, 3.8) is 0 Å². The Morgan fingerprint density at radius 1 is 1.43 bits per heavy atom. The van der Waals surface area contributed by atoms with E-state index in [-0.39, 0.29) is 18.0 Å². The maximum absolute atomic E-state index is 12.0. The van der Waals surface area contributed by atoms with Gasteiger partial charge in [-0.15, -0.1) is 0 Å². The van der Waals surface area contributed by atoms with Gasteiger partial charge in [-0.2, -0.15) is 5.10 Å². The van der Waals surface area contributed by atoms with Crippen LogP contribution in [0.25, 0.3) is 10.2 Å². The minimum atomic E-state index is -1.09. The Bertz CT molecular complexity index is 886. The van der Waals surface area contributed by atoms with Gasteiger partial charge in [-0.3, -0.25) is 9.48 Å². The first-order valence-corrected chi connectivity index (χ1v) is 7.37. The number of thiazole rings is 1. The fourth-order valence-corrected chi connectivity index (χ4v) is 2.86. The molecule has 0 aliphatic rings. The highest BCUT2D eigenvalue weighted by atomic mass is 32.1. The monoisotopic (exact) mass is 332 g/mol. The van der Waals surface area contributed by atoms with Gasteiger partial charge in [0, 0.05) is 6.20 Å². The van der Waals surface area contributed by atoms with Crippen LogP contribution < -0.4 is 10.1 Å². The number of nitrogens with zero attached hydrogens (tertiary/aromatic N) is 3. The van der Waals surface area contributed by atoms with Crippen LogP contribution in [0, 0.1) is 0 Å². The molecule has 3 rings (SSSR count). The summed E-state index contributed by atoms with van der Waals surface area (Å²) in [5, 5.41) is 15.8. The number of carboxylic acids is 1. The largest absolute Gasteiger partial charge is 0.497 e. The highest BCUT2D eigenvalue weighted by molar-refractivity contribution is 7.22. The number of rotatable bonds is 5. The molecule has 0 bridgehead atoms. The zero-order valence-electron chi connectivity index (χ0n) is 12.0. The number of carbonyl (C=O) groups is 2. The van der Waals surface area contributed by atoms with E-state index >= 15 is 0 Å². The summed E-state index contributed by atoms with van der Waals surface area (Å²) >= 11 is 1.33. The van der Waals surface area contributed by atoms with E-state index in [9.17, 15) is 9.59 Å². The van der Waals surface area contributed by atoms with Gasteiger partial charge in [0.2, 0.25) is 5.91 Å². The highest BCUT2D eigenvalue weighted by Crippen LogP contribution is 2.29. The van der Waals surface area contributed by atoms with Crippen molar-refractivity contribution in [2.24, 2.45) is 0 Å². The molecular weight excluding hydrogens is 320 g/mol. The molecule has 2 aromatic heterocycles. The van der Waals surface area contributed by atoms with E-state index in [1.165, 1.54) is 28.4 Å². The molecule has 0 unspecified atom stereocenters. The van der Waals surface area contributed by atoms with Gasteiger partial charge in [0.15, 0.2) is 5.13 Å². The van der Waals surface area contributed by atoms with Crippen LogP contribution in [0.4, 0.5) is 5.13 Å². The zero-order valence-corrected chi connectivity index (χ0v) is 12.8. The van der Waals surface area contributed by atoms with Crippen LogP contribution in [0.5, 0.6) is 5.75 Å². The molecule has 0 spiro atoms. The second-order valence-corrected chi connectivity index (χ2v) is 5.66. The summed E-state index contributed by atoms with van der Waals surface area (Å²) in [7, 11) is 1.58. The lowest BCUT2D eigenvalue weighted by Crippen LogP contribution is -2.18. The summed E-state index contributed by atoms with van der Waals surface area (Å²) in [5.41, 5.74) is 0.795. The van der Waals surface area contributed by atoms with Crippen LogP contribution in [-0.4, -0.2) is 38.9 Å². The number of carboxylic acid groups (broad SMARTS) is 1. The van der Waals surface area contributed by atoms with Gasteiger partial charge in [-0.25, -0.2) is 9.78 Å². The molecule has 2 heterocycles. The van der Waals surface area contributed by atoms with Crippen LogP contribution in [-0.2, 0) is 11.3 Å². The van der Waals surface area contributed by atoms with E-state index in [1.54, 1.807) is 13.2 Å². The van der Waals surface area contributed by atoms with Crippen molar-refractivity contribution in [2.75, 3.05) is 12.4 Å². The molecule has 0 aliphatic heterocycles. The van der Waals surface area contributed by atoms with Gasteiger partial charge in [0.25, 0.3) is 0 Å². The molecular formula is C14H12N4O4S. The second-order valence-electron chi connectivity index (χ2n) is 4.63. The third-order valence-corrected chi connectivity index (χ3v) is 3.96. The van der Waals surface area contributed by atoms with Crippen molar-refractivity contribution in [1.82, 2.24) is 14.8 Å². The lowest BCUT2D eigenvalue weighted by molar-refractivity contribution is -0.116. The third-order valence-electron chi connectivity index (χ3n) is 3.03. The van der Waals surface area contributed by atoms with E-state index in [1.807, 2.05) is 12.1 Å². The molecule has 23 heavy (non-hydrogen) atoms. The Morgan fingerprint density at radius 2 is 2.26 bits per heavy atom. The maximum atomic E-state index is 12.0. The van der Waals surface area contributed by atoms with Crippen LogP contribution in [0.2, 0.25) is 0 Å². The molecule has 1 amide bonds. The number of carbonyl (C=O) groups excluding carboxylic acids is 1. The number of hydrogen-bond acceptors (Lipinski definition) is 6. The van der Waals surface area contributed by atoms with Gasteiger partial charge in [-0.1, -0.05) is 11.3 Å². The molecule has 0 saturated heterocycles. The average molecular weight is 332 g/mol. The minimum absolute atomic E-state index is 0.0323. The van der Waals surface area contributed by atoms with Crippen LogP contribution >= 0.6 is 11.3 Å². The fraction of sp³-hybridized carbons (Fsp3) is 0.143. The van der Waals surface area contributed by atoms with E-state index in [4.69, 9.17) is 9.84 Å². The SMILES string of the molecule is COc1ccc2nc(NC(=O)Cn3cc(C(=O)O)cn3)sc2c1. The van der Waals surface area contributed by atoms with Crippen molar-refractivity contribution in [3.8, 4) is 5.75 Å². The Morgan fingerprint density at radius 3 is 2.96 bits per heavy atom. The van der Waals surface area contributed by atoms with Gasteiger partial charge in [0.05, 0.1) is 29.1 Å². The molecule has 0 saturated carbocycles. The molecule has 2 N–H and O–H groups in total. The Kier molecular flexibility index (Phi) is 3.94. The Labute approximate surface area is 134 Å². The molecule has 8 nitrogen and oxygen atoms in total. The van der Waals surface area contributed by atoms with Crippen LogP contribution in [0.3, 0.4) is 0 Å². The topological polar surface area (TPSA) is 106 Å². The van der Waals surface area contributed by atoms with Crippen LogP contribution in [0.1, 0.15) is 10.4 Å². The number of benzene rings is 1. The first-order chi connectivity index (χ1) is 11.0. The summed E-state index contributed by atoms with van der Waals surface area (Å²) in [6, 6.07) is 5.45. The number of fused-ring (bicyclic) bond motifs is 1. The maximum Gasteiger partial charge on any atom is 0.338 e. The summed E-state index contributed by atoms with van der Waals surface area (Å²) in [6.07, 6.45) is 2.49. The van der Waals surface area contributed by atoms with Crippen molar-refractivity contribution in [1.29, 1.82) is 0 Å².